The second kappa shape index (κ2) is 8.02. The van der Waals surface area contributed by atoms with Crippen LogP contribution in [0, 0.1) is 11.3 Å². The number of aliphatic hydroxyl groups excluding tert-OH is 3. The first-order valence-electron chi connectivity index (χ1n) is 5.77. The third-order valence-electron chi connectivity index (χ3n) is 3.00. The van der Waals surface area contributed by atoms with Gasteiger partial charge in [-0.3, -0.25) is 0 Å². The molecule has 1 atom stereocenters. The number of ether oxygens (including phenoxy) is 1. The highest BCUT2D eigenvalue weighted by Crippen LogP contribution is 2.29. The molecule has 0 aliphatic carbocycles. The van der Waals surface area contributed by atoms with E-state index in [4.69, 9.17) is 9.84 Å². The van der Waals surface area contributed by atoms with E-state index in [-0.39, 0.29) is 37.9 Å². The molecule has 0 aromatic rings. The number of carbonyl (C=O) groups excluding carboxylic acids is 1. The van der Waals surface area contributed by atoms with Gasteiger partial charge in [0.1, 0.15) is 6.61 Å². The van der Waals surface area contributed by atoms with Crippen LogP contribution in [0.4, 0.5) is 0 Å². The summed E-state index contributed by atoms with van der Waals surface area (Å²) >= 11 is 0. The molecule has 0 saturated heterocycles. The van der Waals surface area contributed by atoms with Crippen molar-refractivity contribution in [2.24, 2.45) is 11.3 Å². The Balaban J connectivity index is 5.04. The van der Waals surface area contributed by atoms with Gasteiger partial charge in [0, 0.05) is 17.6 Å². The standard InChI is InChI=1S/C13H22O5/c1-4-5-18-12(17)10(2)6-13(8-15,9-16)11(3)7-14/h4,6,11,14-16H,1,5,7-9H2,2-3H3. The summed E-state index contributed by atoms with van der Waals surface area (Å²) < 4.78 is 4.85. The Kier molecular flexibility index (Phi) is 7.50. The van der Waals surface area contributed by atoms with Crippen LogP contribution < -0.4 is 0 Å². The largest absolute Gasteiger partial charge is 0.458 e. The SMILES string of the molecule is C=CCOC(=O)C(C)=CC(CO)(CO)C(C)CO. The van der Waals surface area contributed by atoms with Crippen molar-refractivity contribution >= 4 is 5.97 Å². The average molecular weight is 258 g/mol. The van der Waals surface area contributed by atoms with Crippen molar-refractivity contribution in [3.05, 3.63) is 24.3 Å². The summed E-state index contributed by atoms with van der Waals surface area (Å²) in [4.78, 5) is 11.6. The van der Waals surface area contributed by atoms with Gasteiger partial charge in [-0.1, -0.05) is 25.7 Å². The topological polar surface area (TPSA) is 87.0 Å². The summed E-state index contributed by atoms with van der Waals surface area (Å²) in [5.74, 6) is -0.916. The van der Waals surface area contributed by atoms with Gasteiger partial charge in [-0.15, -0.1) is 0 Å². The quantitative estimate of drug-likeness (QED) is 0.330. The molecule has 0 radical (unpaired) electrons. The lowest BCUT2D eigenvalue weighted by Crippen LogP contribution is -2.37. The summed E-state index contributed by atoms with van der Waals surface area (Å²) in [5, 5.41) is 27.9. The Hall–Kier alpha value is -1.17. The van der Waals surface area contributed by atoms with E-state index >= 15 is 0 Å². The summed E-state index contributed by atoms with van der Waals surface area (Å²) in [7, 11) is 0. The Morgan fingerprint density at radius 2 is 1.94 bits per heavy atom. The second-order valence-corrected chi connectivity index (χ2v) is 4.35. The van der Waals surface area contributed by atoms with E-state index in [0.29, 0.717) is 0 Å². The zero-order chi connectivity index (χ0) is 14.2. The maximum absolute atomic E-state index is 11.6. The molecule has 5 heteroatoms. The van der Waals surface area contributed by atoms with Crippen molar-refractivity contribution < 1.29 is 24.9 Å². The lowest BCUT2D eigenvalue weighted by molar-refractivity contribution is -0.137. The smallest absolute Gasteiger partial charge is 0.333 e. The number of aliphatic hydroxyl groups is 3. The summed E-state index contributed by atoms with van der Waals surface area (Å²) in [6, 6.07) is 0. The minimum Gasteiger partial charge on any atom is -0.458 e. The summed E-state index contributed by atoms with van der Waals surface area (Å²) in [6.07, 6.45) is 2.91. The number of rotatable bonds is 8. The molecule has 0 bridgehead atoms. The first-order valence-corrected chi connectivity index (χ1v) is 5.77. The molecule has 0 rings (SSSR count). The molecular formula is C13H22O5. The highest BCUT2D eigenvalue weighted by atomic mass is 16.5. The number of carbonyl (C=O) groups is 1. The fourth-order valence-electron chi connectivity index (χ4n) is 1.52. The van der Waals surface area contributed by atoms with Crippen molar-refractivity contribution in [1.82, 2.24) is 0 Å². The fraction of sp³-hybridized carbons (Fsp3) is 0.615. The Morgan fingerprint density at radius 1 is 1.39 bits per heavy atom. The van der Waals surface area contributed by atoms with E-state index in [1.54, 1.807) is 6.92 Å². The molecule has 0 aliphatic rings. The van der Waals surface area contributed by atoms with Gasteiger partial charge < -0.3 is 20.1 Å². The van der Waals surface area contributed by atoms with Crippen LogP contribution in [0.3, 0.4) is 0 Å². The number of esters is 1. The molecule has 0 fully saturated rings. The maximum Gasteiger partial charge on any atom is 0.333 e. The molecule has 0 spiro atoms. The predicted molar refractivity (Wildman–Crippen MR) is 67.8 cm³/mol. The second-order valence-electron chi connectivity index (χ2n) is 4.35. The molecule has 0 amide bonds. The molecule has 1 unspecified atom stereocenters. The van der Waals surface area contributed by atoms with Crippen LogP contribution in [0.5, 0.6) is 0 Å². The van der Waals surface area contributed by atoms with Gasteiger partial charge in [0.2, 0.25) is 0 Å². The van der Waals surface area contributed by atoms with E-state index in [9.17, 15) is 15.0 Å². The maximum atomic E-state index is 11.6. The average Bonchev–Trinajstić information content (AvgIpc) is 2.40. The zero-order valence-corrected chi connectivity index (χ0v) is 10.9. The summed E-state index contributed by atoms with van der Waals surface area (Å²) in [6.45, 7) is 5.83. The van der Waals surface area contributed by atoms with Crippen molar-refractivity contribution in [3.8, 4) is 0 Å². The molecule has 3 N–H and O–H groups in total. The van der Waals surface area contributed by atoms with Gasteiger partial charge in [-0.2, -0.15) is 0 Å². The van der Waals surface area contributed by atoms with E-state index in [2.05, 4.69) is 6.58 Å². The zero-order valence-electron chi connectivity index (χ0n) is 10.9. The van der Waals surface area contributed by atoms with Gasteiger partial charge in [-0.05, 0) is 12.8 Å². The van der Waals surface area contributed by atoms with E-state index in [1.165, 1.54) is 19.1 Å². The van der Waals surface area contributed by atoms with Crippen molar-refractivity contribution in [3.63, 3.8) is 0 Å². The first kappa shape index (κ1) is 16.8. The molecule has 0 aromatic heterocycles. The molecule has 0 aliphatic heterocycles. The van der Waals surface area contributed by atoms with Gasteiger partial charge in [0.05, 0.1) is 13.2 Å². The minimum absolute atomic E-state index is 0.102. The van der Waals surface area contributed by atoms with Crippen LogP contribution in [-0.4, -0.2) is 47.7 Å². The molecular weight excluding hydrogens is 236 g/mol. The van der Waals surface area contributed by atoms with Gasteiger partial charge in [-0.25, -0.2) is 4.79 Å². The first-order chi connectivity index (χ1) is 8.47. The number of hydrogen-bond donors (Lipinski definition) is 3. The van der Waals surface area contributed by atoms with Crippen LogP contribution in [-0.2, 0) is 9.53 Å². The minimum atomic E-state index is -1.04. The molecule has 104 valence electrons. The van der Waals surface area contributed by atoms with E-state index in [0.717, 1.165) is 0 Å². The molecule has 0 heterocycles. The Bertz CT molecular complexity index is 305. The Labute approximate surface area is 107 Å². The van der Waals surface area contributed by atoms with Crippen molar-refractivity contribution in [2.45, 2.75) is 13.8 Å². The van der Waals surface area contributed by atoms with Gasteiger partial charge in [0.15, 0.2) is 0 Å². The molecule has 0 saturated carbocycles. The lowest BCUT2D eigenvalue weighted by Gasteiger charge is -2.32. The summed E-state index contributed by atoms with van der Waals surface area (Å²) in [5.41, 5.74) is -0.758. The predicted octanol–water partition coefficient (Wildman–Crippen LogP) is 0.261. The van der Waals surface area contributed by atoms with Crippen molar-refractivity contribution in [2.75, 3.05) is 26.4 Å². The number of hydrogen-bond acceptors (Lipinski definition) is 5. The van der Waals surface area contributed by atoms with Gasteiger partial charge >= 0.3 is 5.97 Å². The molecule has 18 heavy (non-hydrogen) atoms. The van der Waals surface area contributed by atoms with E-state index < -0.39 is 11.4 Å². The van der Waals surface area contributed by atoms with Crippen LogP contribution in [0.2, 0.25) is 0 Å². The molecule has 5 nitrogen and oxygen atoms in total. The normalized spacial score (nSPS) is 14.2. The van der Waals surface area contributed by atoms with E-state index in [1.807, 2.05) is 0 Å². The van der Waals surface area contributed by atoms with Crippen LogP contribution >= 0.6 is 0 Å². The fourth-order valence-corrected chi connectivity index (χ4v) is 1.52. The Morgan fingerprint density at radius 3 is 2.33 bits per heavy atom. The molecule has 0 aromatic carbocycles. The lowest BCUT2D eigenvalue weighted by atomic mass is 9.76. The third kappa shape index (κ3) is 4.25. The monoisotopic (exact) mass is 258 g/mol. The third-order valence-corrected chi connectivity index (χ3v) is 3.00. The van der Waals surface area contributed by atoms with Gasteiger partial charge in [0.25, 0.3) is 0 Å². The van der Waals surface area contributed by atoms with Crippen LogP contribution in [0.25, 0.3) is 0 Å². The highest BCUT2D eigenvalue weighted by Gasteiger charge is 2.33. The van der Waals surface area contributed by atoms with Crippen molar-refractivity contribution in [1.29, 1.82) is 0 Å². The van der Waals surface area contributed by atoms with Crippen LogP contribution in [0.1, 0.15) is 13.8 Å². The van der Waals surface area contributed by atoms with Crippen LogP contribution in [0.15, 0.2) is 24.3 Å². The highest BCUT2D eigenvalue weighted by molar-refractivity contribution is 5.87.